The van der Waals surface area contributed by atoms with E-state index in [0.29, 0.717) is 27.9 Å². The van der Waals surface area contributed by atoms with Crippen LogP contribution in [0.2, 0.25) is 5.02 Å². The second-order valence-electron chi connectivity index (χ2n) is 8.37. The number of nitrogens with zero attached hydrogens (tertiary/aromatic N) is 5. The Balaban J connectivity index is 1.58. The van der Waals surface area contributed by atoms with Crippen molar-refractivity contribution in [1.82, 2.24) is 14.4 Å². The van der Waals surface area contributed by atoms with Gasteiger partial charge in [0.2, 0.25) is 0 Å². The lowest BCUT2D eigenvalue weighted by atomic mass is 10.2. The van der Waals surface area contributed by atoms with Crippen molar-refractivity contribution in [2.45, 2.75) is 20.4 Å². The minimum absolute atomic E-state index is 0.00493. The zero-order valence-electron chi connectivity index (χ0n) is 21.0. The number of benzene rings is 1. The normalized spacial score (nSPS) is 19.6. The van der Waals surface area contributed by atoms with E-state index in [9.17, 15) is 4.79 Å². The largest absolute Gasteiger partial charge is 0.463 e. The Bertz CT molecular complexity index is 1600. The lowest BCUT2D eigenvalue weighted by Gasteiger charge is -2.26. The van der Waals surface area contributed by atoms with E-state index in [2.05, 4.69) is 21.8 Å². The van der Waals surface area contributed by atoms with E-state index in [4.69, 9.17) is 21.3 Å². The molecular formula is C26H27ClN5O2S3+. The summed E-state index contributed by atoms with van der Waals surface area (Å²) < 4.78 is 11.6. The number of likely N-dealkylation sites (N-methyl/N-ethyl adjacent to an activating group) is 1. The summed E-state index contributed by atoms with van der Waals surface area (Å²) in [5.41, 5.74) is 3.04. The van der Waals surface area contributed by atoms with Crippen LogP contribution >= 0.6 is 46.0 Å². The van der Waals surface area contributed by atoms with Gasteiger partial charge in [-0.3, -0.25) is 14.3 Å². The van der Waals surface area contributed by atoms with Gasteiger partial charge in [-0.25, -0.2) is 4.57 Å². The molecule has 4 heterocycles. The number of thioether (sulfide) groups is 1. The fourth-order valence-corrected chi connectivity index (χ4v) is 7.43. The van der Waals surface area contributed by atoms with Crippen LogP contribution in [-0.2, 0) is 18.3 Å². The molecule has 1 saturated heterocycles. The minimum Gasteiger partial charge on any atom is -0.463 e. The Morgan fingerprint density at radius 1 is 1.16 bits per heavy atom. The quantitative estimate of drug-likeness (QED) is 0.442. The molecule has 0 bridgehead atoms. The maximum absolute atomic E-state index is 13.3. The highest BCUT2D eigenvalue weighted by molar-refractivity contribution is 8.21. The van der Waals surface area contributed by atoms with Gasteiger partial charge in [-0.05, 0) is 55.3 Å². The molecule has 2 aliphatic heterocycles. The Labute approximate surface area is 232 Å². The number of hydrogen-bond donors (Lipinski definition) is 0. The number of ether oxygens (including phenoxy) is 1. The molecule has 7 nitrogen and oxygen atoms in total. The summed E-state index contributed by atoms with van der Waals surface area (Å²) in [7, 11) is 3.97. The van der Waals surface area contributed by atoms with E-state index >= 15 is 0 Å². The highest BCUT2D eigenvalue weighted by Gasteiger charge is 2.29. The molecule has 1 aromatic carbocycles. The molecule has 0 aliphatic carbocycles. The summed E-state index contributed by atoms with van der Waals surface area (Å²) >= 11 is 10.6. The predicted octanol–water partition coefficient (Wildman–Crippen LogP) is 4.06. The lowest BCUT2D eigenvalue weighted by molar-refractivity contribution is -0.642. The van der Waals surface area contributed by atoms with E-state index in [1.54, 1.807) is 15.9 Å². The topological polar surface area (TPSA) is 54.0 Å². The summed E-state index contributed by atoms with van der Waals surface area (Å²) in [4.78, 5) is 22.4. The van der Waals surface area contributed by atoms with Gasteiger partial charge in [0.1, 0.15) is 14.9 Å². The fraction of sp³-hybridized carbons (Fsp3) is 0.269. The molecule has 0 amide bonds. The summed E-state index contributed by atoms with van der Waals surface area (Å²) in [6.07, 6.45) is 7.83. The number of amidine groups is 1. The van der Waals surface area contributed by atoms with Crippen LogP contribution in [0, 0.1) is 0 Å². The van der Waals surface area contributed by atoms with Gasteiger partial charge in [0.15, 0.2) is 11.8 Å². The van der Waals surface area contributed by atoms with Crippen molar-refractivity contribution >= 4 is 67.1 Å². The molecule has 1 fully saturated rings. The molecule has 0 radical (unpaired) electrons. The first kappa shape index (κ1) is 25.8. The van der Waals surface area contributed by atoms with E-state index in [1.165, 1.54) is 23.1 Å². The molecule has 5 rings (SSSR count). The number of allylic oxidation sites excluding steroid dienone is 2. The van der Waals surface area contributed by atoms with Crippen molar-refractivity contribution in [2.24, 2.45) is 12.0 Å². The molecule has 0 spiro atoms. The third-order valence-electron chi connectivity index (χ3n) is 6.10. The Hall–Kier alpha value is -2.79. The summed E-state index contributed by atoms with van der Waals surface area (Å²) in [5.74, 6) is 0. The van der Waals surface area contributed by atoms with Gasteiger partial charge in [0.05, 0.1) is 12.7 Å². The van der Waals surface area contributed by atoms with Gasteiger partial charge in [-0.1, -0.05) is 29.0 Å². The van der Waals surface area contributed by atoms with Crippen LogP contribution in [0.3, 0.4) is 0 Å². The molecule has 2 aromatic heterocycles. The maximum atomic E-state index is 13.3. The van der Waals surface area contributed by atoms with Crippen LogP contribution in [0.1, 0.15) is 13.8 Å². The van der Waals surface area contributed by atoms with Crippen LogP contribution in [0.5, 0.6) is 0 Å². The number of aliphatic imine (C=N–C) groups is 1. The fourth-order valence-electron chi connectivity index (χ4n) is 4.00. The van der Waals surface area contributed by atoms with E-state index in [1.807, 2.05) is 74.6 Å². The number of halogens is 1. The molecule has 192 valence electrons. The molecule has 0 N–H and O–H groups in total. The third kappa shape index (κ3) is 5.03. The Kier molecular flexibility index (Phi) is 7.62. The highest BCUT2D eigenvalue weighted by Crippen LogP contribution is 2.31. The standard InChI is InChI=1S/C26H27ClN5O2S3/c1-5-31-16-34-24(23-32(6-2)22(33)21(36-23)19-9-7-8-14-29(19)3)37-26(31)28-25-30(4)20(15-35-25)17-10-12-18(27)13-11-17/h7-15H,5-6,16H2,1-4H3/q+1/b21-19-,24-23-. The number of rotatable bonds is 4. The zero-order chi connectivity index (χ0) is 26.1. The van der Waals surface area contributed by atoms with Crippen molar-refractivity contribution in [1.29, 1.82) is 0 Å². The molecule has 2 aliphatic rings. The summed E-state index contributed by atoms with van der Waals surface area (Å²) in [6, 6.07) is 7.82. The third-order valence-corrected chi connectivity index (χ3v) is 9.62. The van der Waals surface area contributed by atoms with Crippen molar-refractivity contribution in [3.05, 3.63) is 78.6 Å². The molecule has 11 heteroatoms. The number of thiazole rings is 2. The van der Waals surface area contributed by atoms with Crippen LogP contribution < -0.4 is 19.3 Å². The highest BCUT2D eigenvalue weighted by atomic mass is 35.5. The molecule has 0 unspecified atom stereocenters. The number of aromatic nitrogens is 2. The zero-order valence-corrected chi connectivity index (χ0v) is 24.2. The van der Waals surface area contributed by atoms with Crippen LogP contribution in [0.25, 0.3) is 22.0 Å². The monoisotopic (exact) mass is 572 g/mol. The minimum atomic E-state index is -0.00493. The van der Waals surface area contributed by atoms with Gasteiger partial charge in [0, 0.05) is 54.1 Å². The van der Waals surface area contributed by atoms with Crippen LogP contribution in [-0.4, -0.2) is 39.9 Å². The first-order valence-electron chi connectivity index (χ1n) is 11.8. The van der Waals surface area contributed by atoms with Crippen molar-refractivity contribution < 1.29 is 9.30 Å². The van der Waals surface area contributed by atoms with E-state index < -0.39 is 0 Å². The summed E-state index contributed by atoms with van der Waals surface area (Å²) in [5, 5.41) is 5.25. The maximum Gasteiger partial charge on any atom is 0.385 e. The van der Waals surface area contributed by atoms with Crippen molar-refractivity contribution in [2.75, 3.05) is 20.3 Å². The molecule has 0 atom stereocenters. The molecule has 37 heavy (non-hydrogen) atoms. The van der Waals surface area contributed by atoms with Gasteiger partial charge in [0.25, 0.3) is 10.7 Å². The Morgan fingerprint density at radius 2 is 1.95 bits per heavy atom. The molecule has 3 aromatic rings. The van der Waals surface area contributed by atoms with Gasteiger partial charge in [-0.15, -0.1) is 11.3 Å². The van der Waals surface area contributed by atoms with Gasteiger partial charge >= 0.3 is 5.13 Å². The average Bonchev–Trinajstić information content (AvgIpc) is 3.43. The first-order valence-corrected chi connectivity index (χ1v) is 14.7. The SMILES string of the molecule is CCN1CO/C(=c2/s/c(=C3/C=CC=CN3C)c(=O)n2CC)SC1=Nc1scc(-c2ccc(Cl)cc2)[n+]1C. The van der Waals surface area contributed by atoms with Crippen LogP contribution in [0.15, 0.2) is 63.9 Å². The number of hydrogen-bond acceptors (Lipinski definition) is 7. The second-order valence-corrected chi connectivity index (χ2v) is 11.6. The first-order chi connectivity index (χ1) is 17.9. The molecular weight excluding hydrogens is 546 g/mol. The van der Waals surface area contributed by atoms with Crippen molar-refractivity contribution in [3.63, 3.8) is 0 Å². The lowest BCUT2D eigenvalue weighted by Crippen LogP contribution is -2.38. The van der Waals surface area contributed by atoms with Crippen molar-refractivity contribution in [3.8, 4) is 11.3 Å². The van der Waals surface area contributed by atoms with Crippen LogP contribution in [0.4, 0.5) is 5.13 Å². The average molecular weight is 573 g/mol. The van der Waals surface area contributed by atoms with Gasteiger partial charge in [-0.2, -0.15) is 0 Å². The smallest absolute Gasteiger partial charge is 0.385 e. The second kappa shape index (κ2) is 10.9. The summed E-state index contributed by atoms with van der Waals surface area (Å²) in [6.45, 7) is 5.76. The van der Waals surface area contributed by atoms with E-state index in [-0.39, 0.29) is 5.56 Å². The Morgan fingerprint density at radius 3 is 2.65 bits per heavy atom. The predicted molar refractivity (Wildman–Crippen MR) is 155 cm³/mol. The molecule has 0 saturated carbocycles. The van der Waals surface area contributed by atoms with Gasteiger partial charge < -0.3 is 9.64 Å². The van der Waals surface area contributed by atoms with E-state index in [0.717, 1.165) is 38.5 Å².